The number of rotatable bonds is 6. The van der Waals surface area contributed by atoms with Gasteiger partial charge < -0.3 is 15.5 Å². The van der Waals surface area contributed by atoms with E-state index in [0.717, 1.165) is 25.0 Å². The maximum Gasteiger partial charge on any atom is 0.255 e. The van der Waals surface area contributed by atoms with E-state index in [4.69, 9.17) is 0 Å². The summed E-state index contributed by atoms with van der Waals surface area (Å²) >= 11 is 0. The molecule has 1 aromatic rings. The van der Waals surface area contributed by atoms with Crippen LogP contribution in [0.4, 0.5) is 4.39 Å². The van der Waals surface area contributed by atoms with Crippen LogP contribution in [0.2, 0.25) is 0 Å². The van der Waals surface area contributed by atoms with Crippen LogP contribution < -0.4 is 5.32 Å². The summed E-state index contributed by atoms with van der Waals surface area (Å²) in [6.45, 7) is 4.07. The highest BCUT2D eigenvalue weighted by atomic mass is 19.1. The van der Waals surface area contributed by atoms with Crippen molar-refractivity contribution < 1.29 is 19.4 Å². The Hall–Kier alpha value is -1.62. The fourth-order valence-corrected chi connectivity index (χ4v) is 1.99. The Morgan fingerprint density at radius 2 is 2.00 bits per heavy atom. The Morgan fingerprint density at radius 3 is 2.53 bits per heavy atom. The van der Waals surface area contributed by atoms with E-state index < -0.39 is 23.6 Å². The van der Waals surface area contributed by atoms with Gasteiger partial charge in [-0.1, -0.05) is 26.7 Å². The number of aliphatic hydroxyl groups is 1. The number of phenols is 1. The molecule has 5 heteroatoms. The number of carbonyl (C=O) groups is 1. The fraction of sp³-hybridized carbons (Fsp3) is 0.500. The number of nitrogens with one attached hydrogen (secondary N) is 1. The highest BCUT2D eigenvalue weighted by Gasteiger charge is 2.18. The zero-order valence-electron chi connectivity index (χ0n) is 11.2. The van der Waals surface area contributed by atoms with Crippen molar-refractivity contribution in [2.45, 2.75) is 32.8 Å². The molecule has 0 fully saturated rings. The molecule has 0 radical (unpaired) electrons. The van der Waals surface area contributed by atoms with Gasteiger partial charge in [0.15, 0.2) is 0 Å². The van der Waals surface area contributed by atoms with Crippen LogP contribution in [0.3, 0.4) is 0 Å². The number of phenolic OH excluding ortho intramolecular Hbond substituents is 1. The molecule has 1 atom stereocenters. The van der Waals surface area contributed by atoms with Crippen molar-refractivity contribution in [1.82, 2.24) is 5.32 Å². The van der Waals surface area contributed by atoms with E-state index in [-0.39, 0.29) is 18.0 Å². The highest BCUT2D eigenvalue weighted by Crippen LogP contribution is 2.18. The van der Waals surface area contributed by atoms with E-state index in [1.807, 2.05) is 13.8 Å². The summed E-state index contributed by atoms with van der Waals surface area (Å²) in [5.74, 6) is -1.41. The third-order valence-corrected chi connectivity index (χ3v) is 3.27. The molecular weight excluding hydrogens is 249 g/mol. The van der Waals surface area contributed by atoms with E-state index in [2.05, 4.69) is 5.32 Å². The number of benzene rings is 1. The first kappa shape index (κ1) is 15.4. The van der Waals surface area contributed by atoms with Crippen molar-refractivity contribution in [3.05, 3.63) is 29.6 Å². The van der Waals surface area contributed by atoms with Crippen molar-refractivity contribution in [1.29, 1.82) is 0 Å². The summed E-state index contributed by atoms with van der Waals surface area (Å²) in [6.07, 6.45) is 1.03. The van der Waals surface area contributed by atoms with Crippen molar-refractivity contribution in [3.63, 3.8) is 0 Å². The van der Waals surface area contributed by atoms with Gasteiger partial charge in [-0.05, 0) is 18.1 Å². The SMILES string of the molecule is CCC(CC)C(O)CNC(=O)c1ccc(F)cc1O. The second-order valence-electron chi connectivity index (χ2n) is 4.52. The summed E-state index contributed by atoms with van der Waals surface area (Å²) in [6, 6.07) is 3.20. The lowest BCUT2D eigenvalue weighted by Gasteiger charge is -2.20. The number of amides is 1. The molecular formula is C14H20FNO3. The third-order valence-electron chi connectivity index (χ3n) is 3.27. The molecule has 1 unspecified atom stereocenters. The van der Waals surface area contributed by atoms with Crippen LogP contribution in [0.25, 0.3) is 0 Å². The van der Waals surface area contributed by atoms with Crippen LogP contribution in [-0.2, 0) is 0 Å². The van der Waals surface area contributed by atoms with Gasteiger partial charge in [0.2, 0.25) is 0 Å². The van der Waals surface area contributed by atoms with Crippen LogP contribution in [0, 0.1) is 11.7 Å². The topological polar surface area (TPSA) is 69.6 Å². The van der Waals surface area contributed by atoms with Gasteiger partial charge in [0.25, 0.3) is 5.91 Å². The quantitative estimate of drug-likeness (QED) is 0.740. The first-order valence-corrected chi connectivity index (χ1v) is 6.44. The fourth-order valence-electron chi connectivity index (χ4n) is 1.99. The minimum atomic E-state index is -0.624. The largest absolute Gasteiger partial charge is 0.507 e. The van der Waals surface area contributed by atoms with Crippen LogP contribution in [0.15, 0.2) is 18.2 Å². The number of hydrogen-bond donors (Lipinski definition) is 3. The van der Waals surface area contributed by atoms with Crippen LogP contribution in [-0.4, -0.2) is 28.8 Å². The Kier molecular flexibility index (Phi) is 5.76. The maximum atomic E-state index is 12.8. The lowest BCUT2D eigenvalue weighted by atomic mass is 9.96. The normalized spacial score (nSPS) is 12.5. The molecule has 4 nitrogen and oxygen atoms in total. The average molecular weight is 269 g/mol. The molecule has 106 valence electrons. The Balaban J connectivity index is 2.60. The summed E-state index contributed by atoms with van der Waals surface area (Å²) in [4.78, 5) is 11.8. The molecule has 0 heterocycles. The molecule has 0 saturated heterocycles. The van der Waals surface area contributed by atoms with Gasteiger partial charge in [-0.3, -0.25) is 4.79 Å². The Morgan fingerprint density at radius 1 is 1.37 bits per heavy atom. The number of aliphatic hydroxyl groups excluding tert-OH is 1. The second kappa shape index (κ2) is 7.09. The summed E-state index contributed by atoms with van der Waals surface area (Å²) in [7, 11) is 0. The lowest BCUT2D eigenvalue weighted by Crippen LogP contribution is -2.36. The van der Waals surface area contributed by atoms with Crippen molar-refractivity contribution in [2.24, 2.45) is 5.92 Å². The summed E-state index contributed by atoms with van der Waals surface area (Å²) in [5.41, 5.74) is -0.00172. The van der Waals surface area contributed by atoms with Gasteiger partial charge in [0.05, 0.1) is 11.7 Å². The van der Waals surface area contributed by atoms with Gasteiger partial charge in [-0.15, -0.1) is 0 Å². The van der Waals surface area contributed by atoms with Crippen LogP contribution >= 0.6 is 0 Å². The molecule has 0 spiro atoms. The highest BCUT2D eigenvalue weighted by molar-refractivity contribution is 5.96. The van der Waals surface area contributed by atoms with Crippen molar-refractivity contribution >= 4 is 5.91 Å². The van der Waals surface area contributed by atoms with Crippen LogP contribution in [0.5, 0.6) is 5.75 Å². The van der Waals surface area contributed by atoms with E-state index in [1.54, 1.807) is 0 Å². The maximum absolute atomic E-state index is 12.8. The predicted octanol–water partition coefficient (Wildman–Crippen LogP) is 2.06. The zero-order chi connectivity index (χ0) is 14.4. The molecule has 0 aromatic heterocycles. The molecule has 1 rings (SSSR count). The second-order valence-corrected chi connectivity index (χ2v) is 4.52. The van der Waals surface area contributed by atoms with E-state index >= 15 is 0 Å². The van der Waals surface area contributed by atoms with Crippen molar-refractivity contribution in [3.8, 4) is 5.75 Å². The molecule has 19 heavy (non-hydrogen) atoms. The van der Waals surface area contributed by atoms with Gasteiger partial charge in [0, 0.05) is 12.6 Å². The smallest absolute Gasteiger partial charge is 0.255 e. The molecule has 0 saturated carbocycles. The first-order chi connectivity index (χ1) is 8.99. The number of halogens is 1. The first-order valence-electron chi connectivity index (χ1n) is 6.44. The molecule has 1 aromatic carbocycles. The zero-order valence-corrected chi connectivity index (χ0v) is 11.2. The van der Waals surface area contributed by atoms with Crippen LogP contribution in [0.1, 0.15) is 37.0 Å². The van der Waals surface area contributed by atoms with Gasteiger partial charge in [-0.2, -0.15) is 0 Å². The molecule has 3 N–H and O–H groups in total. The molecule has 0 aliphatic carbocycles. The van der Waals surface area contributed by atoms with Gasteiger partial charge in [0.1, 0.15) is 11.6 Å². The van der Waals surface area contributed by atoms with Gasteiger partial charge in [-0.25, -0.2) is 4.39 Å². The van der Waals surface area contributed by atoms with E-state index in [1.165, 1.54) is 6.07 Å². The van der Waals surface area contributed by atoms with E-state index in [9.17, 15) is 19.4 Å². The number of hydrogen-bond acceptors (Lipinski definition) is 3. The summed E-state index contributed by atoms with van der Waals surface area (Å²) in [5, 5.41) is 21.9. The molecule has 0 bridgehead atoms. The van der Waals surface area contributed by atoms with Gasteiger partial charge >= 0.3 is 0 Å². The molecule has 1 amide bonds. The molecule has 0 aliphatic heterocycles. The summed E-state index contributed by atoms with van der Waals surface area (Å²) < 4.78 is 12.8. The van der Waals surface area contributed by atoms with Crippen molar-refractivity contribution in [2.75, 3.05) is 6.54 Å². The predicted molar refractivity (Wildman–Crippen MR) is 70.5 cm³/mol. The standard InChI is InChI=1S/C14H20FNO3/c1-3-9(4-2)13(18)8-16-14(19)11-6-5-10(15)7-12(11)17/h5-7,9,13,17-18H,3-4,8H2,1-2H3,(H,16,19). The Bertz CT molecular complexity index is 433. The number of aromatic hydroxyl groups is 1. The Labute approximate surface area is 112 Å². The number of carbonyl (C=O) groups excluding carboxylic acids is 1. The monoisotopic (exact) mass is 269 g/mol. The van der Waals surface area contributed by atoms with E-state index in [0.29, 0.717) is 0 Å². The lowest BCUT2D eigenvalue weighted by molar-refractivity contribution is 0.0814. The minimum absolute atomic E-state index is 0.00172. The third kappa shape index (κ3) is 4.21. The molecule has 0 aliphatic rings. The minimum Gasteiger partial charge on any atom is -0.507 e. The average Bonchev–Trinajstić information content (AvgIpc) is 2.37.